The molecule has 108 valence electrons. The summed E-state index contributed by atoms with van der Waals surface area (Å²) in [5.74, 6) is -0.949. The molecule has 20 heavy (non-hydrogen) atoms. The highest BCUT2D eigenvalue weighted by Crippen LogP contribution is 2.28. The van der Waals surface area contributed by atoms with Gasteiger partial charge in [0.1, 0.15) is 0 Å². The minimum absolute atomic E-state index is 0.227. The van der Waals surface area contributed by atoms with Gasteiger partial charge in [0.2, 0.25) is 0 Å². The van der Waals surface area contributed by atoms with Gasteiger partial charge in [-0.15, -0.1) is 0 Å². The maximum atomic E-state index is 10.5. The van der Waals surface area contributed by atoms with E-state index in [9.17, 15) is 4.79 Å². The first-order valence-electron chi connectivity index (χ1n) is 6.54. The Morgan fingerprint density at radius 1 is 1.55 bits per heavy atom. The average molecular weight is 340 g/mol. The molecule has 0 saturated carbocycles. The lowest BCUT2D eigenvalue weighted by Crippen LogP contribution is -2.36. The number of benzene rings is 1. The van der Waals surface area contributed by atoms with Gasteiger partial charge in [-0.1, -0.05) is 22.0 Å². The van der Waals surface area contributed by atoms with Gasteiger partial charge >= 0.3 is 5.97 Å². The summed E-state index contributed by atoms with van der Waals surface area (Å²) in [6.45, 7) is 2.89. The number of carboxylic acid groups (broad SMARTS) is 1. The van der Waals surface area contributed by atoms with Crippen LogP contribution in [0.25, 0.3) is 6.08 Å². The van der Waals surface area contributed by atoms with Gasteiger partial charge in [0.15, 0.2) is 0 Å². The monoisotopic (exact) mass is 339 g/mol. The van der Waals surface area contributed by atoms with E-state index in [0.717, 1.165) is 34.8 Å². The lowest BCUT2D eigenvalue weighted by atomic mass is 10.1. The molecule has 1 aromatic rings. The zero-order valence-electron chi connectivity index (χ0n) is 11.5. The van der Waals surface area contributed by atoms with E-state index < -0.39 is 5.97 Å². The third-order valence-corrected chi connectivity index (χ3v) is 4.32. The van der Waals surface area contributed by atoms with Crippen molar-refractivity contribution in [2.45, 2.75) is 25.5 Å². The van der Waals surface area contributed by atoms with E-state index in [1.807, 2.05) is 18.2 Å². The first-order chi connectivity index (χ1) is 9.49. The van der Waals surface area contributed by atoms with Crippen LogP contribution >= 0.6 is 15.9 Å². The largest absolute Gasteiger partial charge is 0.478 e. The molecule has 1 aliphatic heterocycles. The predicted molar refractivity (Wildman–Crippen MR) is 83.0 cm³/mol. The van der Waals surface area contributed by atoms with Gasteiger partial charge in [0.25, 0.3) is 0 Å². The summed E-state index contributed by atoms with van der Waals surface area (Å²) in [6.07, 6.45) is 3.97. The third-order valence-electron chi connectivity index (χ3n) is 3.63. The van der Waals surface area contributed by atoms with Crippen LogP contribution in [-0.2, 0) is 9.53 Å². The van der Waals surface area contributed by atoms with Crippen molar-refractivity contribution in [3.8, 4) is 0 Å². The number of likely N-dealkylation sites (N-methyl/N-ethyl adjacent to an activating group) is 1. The van der Waals surface area contributed by atoms with E-state index in [4.69, 9.17) is 9.84 Å². The van der Waals surface area contributed by atoms with Crippen LogP contribution in [0.2, 0.25) is 0 Å². The van der Waals surface area contributed by atoms with Crippen LogP contribution in [0.15, 0.2) is 28.7 Å². The maximum absolute atomic E-state index is 10.5. The second-order valence-electron chi connectivity index (χ2n) is 4.92. The molecule has 0 spiro atoms. The molecule has 0 amide bonds. The van der Waals surface area contributed by atoms with Gasteiger partial charge in [-0.3, -0.25) is 0 Å². The van der Waals surface area contributed by atoms with Crippen molar-refractivity contribution in [2.24, 2.45) is 0 Å². The number of rotatable bonds is 4. The van der Waals surface area contributed by atoms with Crippen molar-refractivity contribution in [1.82, 2.24) is 0 Å². The normalized spacial score (nSPS) is 22.4. The summed E-state index contributed by atoms with van der Waals surface area (Å²) in [5.41, 5.74) is 1.94. The maximum Gasteiger partial charge on any atom is 0.328 e. The summed E-state index contributed by atoms with van der Waals surface area (Å²) in [5, 5.41) is 8.66. The second-order valence-corrected chi connectivity index (χ2v) is 5.77. The standard InChI is InChI=1S/C15H18BrNO3/c1-10-14(7-8-20-10)17(2)12-5-3-11(13(16)9-12)4-6-15(18)19/h3-6,9-10,14H,7-8H2,1-2H3,(H,18,19)/b6-4+. The van der Waals surface area contributed by atoms with Crippen molar-refractivity contribution < 1.29 is 14.6 Å². The molecule has 1 heterocycles. The van der Waals surface area contributed by atoms with Crippen molar-refractivity contribution in [1.29, 1.82) is 0 Å². The molecule has 0 bridgehead atoms. The Hall–Kier alpha value is -1.33. The summed E-state index contributed by atoms with van der Waals surface area (Å²) in [7, 11) is 2.06. The second kappa shape index (κ2) is 6.41. The van der Waals surface area contributed by atoms with Crippen LogP contribution in [0.4, 0.5) is 5.69 Å². The molecule has 2 rings (SSSR count). The highest BCUT2D eigenvalue weighted by Gasteiger charge is 2.28. The minimum atomic E-state index is -0.949. The van der Waals surface area contributed by atoms with Gasteiger partial charge < -0.3 is 14.7 Å². The molecule has 5 heteroatoms. The smallest absolute Gasteiger partial charge is 0.328 e. The number of ether oxygens (including phenoxy) is 1. The Labute approximate surface area is 127 Å². The number of hydrogen-bond donors (Lipinski definition) is 1. The molecule has 0 aliphatic carbocycles. The summed E-state index contributed by atoms with van der Waals surface area (Å²) in [4.78, 5) is 12.8. The first-order valence-corrected chi connectivity index (χ1v) is 7.33. The van der Waals surface area contributed by atoms with Crippen LogP contribution < -0.4 is 4.90 Å². The molecule has 1 fully saturated rings. The zero-order chi connectivity index (χ0) is 14.7. The van der Waals surface area contributed by atoms with E-state index in [1.165, 1.54) is 0 Å². The Morgan fingerprint density at radius 2 is 2.30 bits per heavy atom. The molecule has 4 nitrogen and oxygen atoms in total. The van der Waals surface area contributed by atoms with Crippen molar-refractivity contribution in [2.75, 3.05) is 18.6 Å². The predicted octanol–water partition coefficient (Wildman–Crippen LogP) is 3.16. The van der Waals surface area contributed by atoms with Gasteiger partial charge in [-0.05, 0) is 37.1 Å². The number of carboxylic acids is 1. The minimum Gasteiger partial charge on any atom is -0.478 e. The highest BCUT2D eigenvalue weighted by molar-refractivity contribution is 9.10. The molecule has 2 atom stereocenters. The molecular weight excluding hydrogens is 322 g/mol. The summed E-state index contributed by atoms with van der Waals surface area (Å²) < 4.78 is 6.48. The lowest BCUT2D eigenvalue weighted by molar-refractivity contribution is -0.131. The fraction of sp³-hybridized carbons (Fsp3) is 0.400. The van der Waals surface area contributed by atoms with E-state index >= 15 is 0 Å². The number of anilines is 1. The Kier molecular flexibility index (Phi) is 4.83. The number of carbonyl (C=O) groups is 1. The van der Waals surface area contributed by atoms with Crippen LogP contribution in [0.3, 0.4) is 0 Å². The number of halogens is 1. The molecule has 1 aliphatic rings. The number of hydrogen-bond acceptors (Lipinski definition) is 3. The molecule has 1 saturated heterocycles. The summed E-state index contributed by atoms with van der Waals surface area (Å²) >= 11 is 3.49. The zero-order valence-corrected chi connectivity index (χ0v) is 13.1. The SMILES string of the molecule is CC1OCCC1N(C)c1ccc(/C=C/C(=O)O)c(Br)c1. The first kappa shape index (κ1) is 15.1. The van der Waals surface area contributed by atoms with Crippen molar-refractivity contribution in [3.63, 3.8) is 0 Å². The molecule has 0 radical (unpaired) electrons. The highest BCUT2D eigenvalue weighted by atomic mass is 79.9. The van der Waals surface area contributed by atoms with E-state index in [2.05, 4.69) is 34.8 Å². The van der Waals surface area contributed by atoms with Gasteiger partial charge in [-0.2, -0.15) is 0 Å². The molecule has 2 unspecified atom stereocenters. The van der Waals surface area contributed by atoms with Crippen LogP contribution in [0.1, 0.15) is 18.9 Å². The Morgan fingerprint density at radius 3 is 2.85 bits per heavy atom. The average Bonchev–Trinajstić information content (AvgIpc) is 2.82. The molecule has 1 N–H and O–H groups in total. The van der Waals surface area contributed by atoms with Gasteiger partial charge in [-0.25, -0.2) is 4.79 Å². The van der Waals surface area contributed by atoms with E-state index in [-0.39, 0.29) is 6.10 Å². The molecule has 0 aromatic heterocycles. The molecule has 1 aromatic carbocycles. The number of nitrogens with zero attached hydrogens (tertiary/aromatic N) is 1. The third kappa shape index (κ3) is 3.41. The topological polar surface area (TPSA) is 49.8 Å². The van der Waals surface area contributed by atoms with Gasteiger partial charge in [0.05, 0.1) is 12.1 Å². The molecular formula is C15H18BrNO3. The van der Waals surface area contributed by atoms with E-state index in [0.29, 0.717) is 6.04 Å². The Bertz CT molecular complexity index is 530. The van der Waals surface area contributed by atoms with Crippen LogP contribution in [0.5, 0.6) is 0 Å². The lowest BCUT2D eigenvalue weighted by Gasteiger charge is -2.29. The van der Waals surface area contributed by atoms with E-state index in [1.54, 1.807) is 6.08 Å². The van der Waals surface area contributed by atoms with Crippen molar-refractivity contribution in [3.05, 3.63) is 34.3 Å². The van der Waals surface area contributed by atoms with Crippen LogP contribution in [0, 0.1) is 0 Å². The van der Waals surface area contributed by atoms with Crippen molar-refractivity contribution >= 4 is 33.7 Å². The fourth-order valence-corrected chi connectivity index (χ4v) is 2.95. The fourth-order valence-electron chi connectivity index (χ4n) is 2.45. The Balaban J connectivity index is 2.18. The van der Waals surface area contributed by atoms with Crippen LogP contribution in [-0.4, -0.2) is 36.9 Å². The van der Waals surface area contributed by atoms with Gasteiger partial charge in [0, 0.05) is 29.9 Å². The summed E-state index contributed by atoms with van der Waals surface area (Å²) in [6, 6.07) is 6.29. The quantitative estimate of drug-likeness (QED) is 0.856. The number of aliphatic carboxylic acids is 1.